The van der Waals surface area contributed by atoms with Gasteiger partial charge < -0.3 is 19.5 Å². The van der Waals surface area contributed by atoms with Crippen molar-refractivity contribution in [3.63, 3.8) is 0 Å². The Morgan fingerprint density at radius 2 is 2.41 bits per heavy atom. The highest BCUT2D eigenvalue weighted by atomic mass is 16.5. The lowest BCUT2D eigenvalue weighted by atomic mass is 10.1. The highest BCUT2D eigenvalue weighted by Gasteiger charge is 2.15. The van der Waals surface area contributed by atoms with Crippen LogP contribution in [-0.4, -0.2) is 53.3 Å². The van der Waals surface area contributed by atoms with Gasteiger partial charge in [0.2, 0.25) is 0 Å². The molecule has 2 heterocycles. The van der Waals surface area contributed by atoms with Gasteiger partial charge in [0.25, 0.3) is 0 Å². The van der Waals surface area contributed by atoms with E-state index in [0.717, 1.165) is 44.8 Å². The van der Waals surface area contributed by atoms with Crippen molar-refractivity contribution >= 4 is 6.03 Å². The third-order valence-corrected chi connectivity index (χ3v) is 4.17. The minimum atomic E-state index is 0.00898. The van der Waals surface area contributed by atoms with E-state index in [-0.39, 0.29) is 6.03 Å². The van der Waals surface area contributed by atoms with Gasteiger partial charge in [0.15, 0.2) is 0 Å². The number of nitrogens with one attached hydrogen (secondary N) is 1. The second-order valence-corrected chi connectivity index (χ2v) is 5.95. The summed E-state index contributed by atoms with van der Waals surface area (Å²) in [5.74, 6) is 1.01. The van der Waals surface area contributed by atoms with E-state index in [2.05, 4.69) is 14.9 Å². The van der Waals surface area contributed by atoms with Crippen molar-refractivity contribution in [1.29, 1.82) is 0 Å². The number of rotatable bonds is 8. The lowest BCUT2D eigenvalue weighted by Gasteiger charge is -2.19. The summed E-state index contributed by atoms with van der Waals surface area (Å²) < 4.78 is 7.69. The molecule has 6 heteroatoms. The monoisotopic (exact) mass is 308 g/mol. The van der Waals surface area contributed by atoms with Crippen molar-refractivity contribution in [2.24, 2.45) is 0 Å². The Labute approximate surface area is 132 Å². The van der Waals surface area contributed by atoms with Gasteiger partial charge in [0.1, 0.15) is 5.82 Å². The highest BCUT2D eigenvalue weighted by Crippen LogP contribution is 2.16. The fraction of sp³-hybridized carbons (Fsp3) is 0.750. The summed E-state index contributed by atoms with van der Waals surface area (Å²) in [6.07, 6.45) is 9.49. The minimum Gasteiger partial charge on any atom is -0.378 e. The molecule has 1 aromatic heterocycles. The predicted octanol–water partition coefficient (Wildman–Crippen LogP) is 2.18. The van der Waals surface area contributed by atoms with E-state index >= 15 is 0 Å². The maximum Gasteiger partial charge on any atom is 0.317 e. The van der Waals surface area contributed by atoms with E-state index in [9.17, 15) is 4.79 Å². The number of amides is 2. The summed E-state index contributed by atoms with van der Waals surface area (Å²) in [5.41, 5.74) is 0. The summed E-state index contributed by atoms with van der Waals surface area (Å²) in [4.78, 5) is 17.9. The molecule has 22 heavy (non-hydrogen) atoms. The lowest BCUT2D eigenvalue weighted by Crippen LogP contribution is -2.38. The van der Waals surface area contributed by atoms with Crippen LogP contribution in [-0.2, 0) is 11.3 Å². The zero-order valence-corrected chi connectivity index (χ0v) is 13.8. The number of ether oxygens (including phenoxy) is 1. The second-order valence-electron chi connectivity index (χ2n) is 5.95. The molecule has 0 aliphatic carbocycles. The van der Waals surface area contributed by atoms with E-state index in [4.69, 9.17) is 4.74 Å². The van der Waals surface area contributed by atoms with Gasteiger partial charge in [0, 0.05) is 45.7 Å². The van der Waals surface area contributed by atoms with E-state index in [1.165, 1.54) is 12.8 Å². The molecule has 1 aromatic rings. The molecular formula is C16H28N4O2. The number of hydrogen-bond acceptors (Lipinski definition) is 3. The zero-order chi connectivity index (χ0) is 15.8. The fourth-order valence-corrected chi connectivity index (χ4v) is 2.75. The van der Waals surface area contributed by atoms with E-state index in [1.54, 1.807) is 11.1 Å². The first-order valence-corrected chi connectivity index (χ1v) is 8.25. The van der Waals surface area contributed by atoms with Crippen LogP contribution in [0.25, 0.3) is 0 Å². The van der Waals surface area contributed by atoms with Gasteiger partial charge in [-0.1, -0.05) is 0 Å². The van der Waals surface area contributed by atoms with Crippen LogP contribution in [0.2, 0.25) is 0 Å². The fourth-order valence-electron chi connectivity index (χ4n) is 2.75. The number of carbonyl (C=O) groups excluding carboxylic acids is 1. The number of aromatic nitrogens is 2. The van der Waals surface area contributed by atoms with E-state index in [0.29, 0.717) is 12.6 Å². The van der Waals surface area contributed by atoms with Gasteiger partial charge in [-0.05, 0) is 39.0 Å². The SMILES string of the molecule is Cc1nccn1CCCNC(=O)N(C)CCCC1CCCO1. The first-order valence-electron chi connectivity index (χ1n) is 8.25. The minimum absolute atomic E-state index is 0.00898. The Balaban J connectivity index is 1.53. The Morgan fingerprint density at radius 3 is 3.09 bits per heavy atom. The Morgan fingerprint density at radius 1 is 1.55 bits per heavy atom. The number of imidazole rings is 1. The van der Waals surface area contributed by atoms with Crippen LogP contribution in [0.1, 0.15) is 37.9 Å². The molecule has 1 atom stereocenters. The van der Waals surface area contributed by atoms with E-state index < -0.39 is 0 Å². The smallest absolute Gasteiger partial charge is 0.317 e. The Hall–Kier alpha value is -1.56. The zero-order valence-electron chi connectivity index (χ0n) is 13.8. The number of urea groups is 1. The molecule has 1 fully saturated rings. The van der Waals surface area contributed by atoms with Crippen LogP contribution >= 0.6 is 0 Å². The van der Waals surface area contributed by atoms with E-state index in [1.807, 2.05) is 20.2 Å². The van der Waals surface area contributed by atoms with Gasteiger partial charge in [-0.3, -0.25) is 0 Å². The molecular weight excluding hydrogens is 280 g/mol. The molecule has 0 radical (unpaired) electrons. The molecule has 0 saturated carbocycles. The first-order chi connectivity index (χ1) is 10.7. The molecule has 1 N–H and O–H groups in total. The van der Waals surface area contributed by atoms with Crippen LogP contribution < -0.4 is 5.32 Å². The normalized spacial score (nSPS) is 17.6. The topological polar surface area (TPSA) is 59.4 Å². The molecule has 0 aromatic carbocycles. The summed E-state index contributed by atoms with van der Waals surface area (Å²) in [6.45, 7) is 5.24. The van der Waals surface area contributed by atoms with Gasteiger partial charge in [-0.2, -0.15) is 0 Å². The van der Waals surface area contributed by atoms with Crippen molar-refractivity contribution in [3.8, 4) is 0 Å². The highest BCUT2D eigenvalue weighted by molar-refractivity contribution is 5.73. The van der Waals surface area contributed by atoms with Crippen LogP contribution in [0.5, 0.6) is 0 Å². The molecule has 2 amide bonds. The summed E-state index contributed by atoms with van der Waals surface area (Å²) >= 11 is 0. The standard InChI is InChI=1S/C16H28N4O2/c1-14-17-9-12-20(14)11-5-8-18-16(21)19(2)10-3-6-15-7-4-13-22-15/h9,12,15H,3-8,10-11,13H2,1-2H3,(H,18,21). The molecule has 6 nitrogen and oxygen atoms in total. The van der Waals surface area contributed by atoms with Crippen LogP contribution in [0.4, 0.5) is 4.79 Å². The van der Waals surface area contributed by atoms with Crippen molar-refractivity contribution in [3.05, 3.63) is 18.2 Å². The number of hydrogen-bond donors (Lipinski definition) is 1. The molecule has 2 rings (SSSR count). The maximum absolute atomic E-state index is 12.0. The molecule has 124 valence electrons. The molecule has 0 bridgehead atoms. The Bertz CT molecular complexity index is 455. The van der Waals surface area contributed by atoms with Crippen molar-refractivity contribution in [2.45, 2.75) is 51.7 Å². The van der Waals surface area contributed by atoms with Crippen LogP contribution in [0.15, 0.2) is 12.4 Å². The van der Waals surface area contributed by atoms with Gasteiger partial charge in [-0.25, -0.2) is 9.78 Å². The summed E-state index contributed by atoms with van der Waals surface area (Å²) in [5, 5.41) is 2.96. The van der Waals surface area contributed by atoms with Crippen molar-refractivity contribution in [1.82, 2.24) is 19.8 Å². The lowest BCUT2D eigenvalue weighted by molar-refractivity contribution is 0.100. The molecule has 0 spiro atoms. The quantitative estimate of drug-likeness (QED) is 0.749. The predicted molar refractivity (Wildman–Crippen MR) is 85.8 cm³/mol. The third-order valence-electron chi connectivity index (χ3n) is 4.17. The number of nitrogens with zero attached hydrogens (tertiary/aromatic N) is 3. The Kier molecular flexibility index (Phi) is 6.71. The van der Waals surface area contributed by atoms with Crippen LogP contribution in [0, 0.1) is 6.92 Å². The average Bonchev–Trinajstić information content (AvgIpc) is 3.15. The molecule has 1 aliphatic rings. The maximum atomic E-state index is 12.0. The van der Waals surface area contributed by atoms with Crippen molar-refractivity contribution in [2.75, 3.05) is 26.7 Å². The first kappa shape index (κ1) is 16.8. The van der Waals surface area contributed by atoms with Gasteiger partial charge in [-0.15, -0.1) is 0 Å². The number of aryl methyl sites for hydroxylation is 2. The average molecular weight is 308 g/mol. The van der Waals surface area contributed by atoms with Crippen LogP contribution in [0.3, 0.4) is 0 Å². The molecule has 1 unspecified atom stereocenters. The molecule has 1 aliphatic heterocycles. The van der Waals surface area contributed by atoms with Gasteiger partial charge in [0.05, 0.1) is 6.10 Å². The van der Waals surface area contributed by atoms with Gasteiger partial charge >= 0.3 is 6.03 Å². The third kappa shape index (κ3) is 5.33. The summed E-state index contributed by atoms with van der Waals surface area (Å²) in [6, 6.07) is 0.00898. The largest absolute Gasteiger partial charge is 0.378 e. The second kappa shape index (κ2) is 8.78. The van der Waals surface area contributed by atoms with Crippen molar-refractivity contribution < 1.29 is 9.53 Å². The summed E-state index contributed by atoms with van der Waals surface area (Å²) in [7, 11) is 1.85. The number of carbonyl (C=O) groups is 1. The molecule has 1 saturated heterocycles.